The molecule has 29 heavy (non-hydrogen) atoms. The van der Waals surface area contributed by atoms with Crippen molar-refractivity contribution in [3.8, 4) is 5.75 Å². The zero-order valence-corrected chi connectivity index (χ0v) is 17.1. The number of aliphatic hydroxyl groups excluding tert-OH is 1. The third kappa shape index (κ3) is 5.68. The Hall–Kier alpha value is -2.63. The van der Waals surface area contributed by atoms with Gasteiger partial charge in [0.1, 0.15) is 12.4 Å². The molecule has 5 nitrogen and oxygen atoms in total. The number of likely N-dealkylation sites (N-methyl/N-ethyl adjacent to an activating group) is 1. The fourth-order valence-electron chi connectivity index (χ4n) is 3.60. The second-order valence-electron chi connectivity index (χ2n) is 7.27. The largest absolute Gasteiger partial charge is 0.488 e. The van der Waals surface area contributed by atoms with E-state index in [0.29, 0.717) is 19.8 Å². The molecule has 1 heterocycles. The first kappa shape index (κ1) is 21.1. The molecule has 0 amide bonds. The Balaban J connectivity index is 1.68. The van der Waals surface area contributed by atoms with E-state index in [9.17, 15) is 9.90 Å². The number of para-hydroxylation sites is 1. The van der Waals surface area contributed by atoms with Gasteiger partial charge >= 0.3 is 5.97 Å². The lowest BCUT2D eigenvalue weighted by Gasteiger charge is -2.19. The summed E-state index contributed by atoms with van der Waals surface area (Å²) in [6.07, 6.45) is 2.36. The van der Waals surface area contributed by atoms with Crippen molar-refractivity contribution in [1.29, 1.82) is 0 Å². The minimum Gasteiger partial charge on any atom is -0.488 e. The molecule has 0 spiro atoms. The number of ether oxygens (including phenoxy) is 2. The van der Waals surface area contributed by atoms with E-state index < -0.39 is 6.10 Å². The summed E-state index contributed by atoms with van der Waals surface area (Å²) in [5, 5.41) is 10.1. The zero-order chi connectivity index (χ0) is 20.6. The summed E-state index contributed by atoms with van der Waals surface area (Å²) in [4.78, 5) is 13.5. The number of rotatable bonds is 8. The molecule has 0 radical (unpaired) electrons. The summed E-state index contributed by atoms with van der Waals surface area (Å²) in [5.74, 6) is 0.537. The van der Waals surface area contributed by atoms with Gasteiger partial charge in [0, 0.05) is 18.7 Å². The van der Waals surface area contributed by atoms with Crippen LogP contribution in [0.15, 0.2) is 54.6 Å². The molecule has 0 aromatic heterocycles. The highest BCUT2D eigenvalue weighted by Crippen LogP contribution is 2.36. The van der Waals surface area contributed by atoms with E-state index >= 15 is 0 Å². The highest BCUT2D eigenvalue weighted by molar-refractivity contribution is 5.84. The summed E-state index contributed by atoms with van der Waals surface area (Å²) >= 11 is 0. The lowest BCUT2D eigenvalue weighted by Crippen LogP contribution is -2.31. The molecule has 2 aromatic carbocycles. The van der Waals surface area contributed by atoms with E-state index in [1.807, 2.05) is 36.2 Å². The van der Waals surface area contributed by atoms with Crippen LogP contribution >= 0.6 is 0 Å². The van der Waals surface area contributed by atoms with Crippen LogP contribution in [-0.4, -0.2) is 48.8 Å². The van der Waals surface area contributed by atoms with Gasteiger partial charge in [0.15, 0.2) is 0 Å². The SMILES string of the molecule is CCOC(=O)CC(O)CN(C)CCC=C1c2ccccc2COc2ccccc21. The molecular formula is C24H29NO4. The van der Waals surface area contributed by atoms with Gasteiger partial charge in [-0.1, -0.05) is 48.5 Å². The molecule has 0 saturated heterocycles. The summed E-state index contributed by atoms with van der Waals surface area (Å²) in [7, 11) is 1.95. The molecular weight excluding hydrogens is 366 g/mol. The van der Waals surface area contributed by atoms with E-state index in [1.165, 1.54) is 16.7 Å². The van der Waals surface area contributed by atoms with Gasteiger partial charge in [0.25, 0.3) is 0 Å². The van der Waals surface area contributed by atoms with Crippen LogP contribution in [0.5, 0.6) is 5.75 Å². The second kappa shape index (κ2) is 10.2. The molecule has 5 heteroatoms. The molecule has 0 saturated carbocycles. The van der Waals surface area contributed by atoms with Gasteiger partial charge in [-0.25, -0.2) is 0 Å². The summed E-state index contributed by atoms with van der Waals surface area (Å²) in [6, 6.07) is 16.5. The summed E-state index contributed by atoms with van der Waals surface area (Å²) in [5.41, 5.74) is 4.65. The Morgan fingerprint density at radius 1 is 1.21 bits per heavy atom. The number of aliphatic hydroxyl groups is 1. The van der Waals surface area contributed by atoms with Crippen molar-refractivity contribution in [3.63, 3.8) is 0 Å². The Kier molecular flexibility index (Phi) is 7.44. The van der Waals surface area contributed by atoms with Gasteiger partial charge in [-0.2, -0.15) is 0 Å². The van der Waals surface area contributed by atoms with Crippen molar-refractivity contribution in [1.82, 2.24) is 4.90 Å². The molecule has 0 bridgehead atoms. The highest BCUT2D eigenvalue weighted by atomic mass is 16.5. The fourth-order valence-corrected chi connectivity index (χ4v) is 3.60. The molecule has 0 fully saturated rings. The Labute approximate surface area is 172 Å². The van der Waals surface area contributed by atoms with Crippen LogP contribution < -0.4 is 4.74 Å². The lowest BCUT2D eigenvalue weighted by molar-refractivity contribution is -0.145. The van der Waals surface area contributed by atoms with Gasteiger partial charge < -0.3 is 19.5 Å². The van der Waals surface area contributed by atoms with E-state index in [-0.39, 0.29) is 12.4 Å². The molecule has 1 aliphatic rings. The lowest BCUT2D eigenvalue weighted by atomic mass is 9.93. The average molecular weight is 395 g/mol. The smallest absolute Gasteiger partial charge is 0.308 e. The molecule has 1 unspecified atom stereocenters. The van der Waals surface area contributed by atoms with Crippen LogP contribution in [0.1, 0.15) is 36.5 Å². The zero-order valence-electron chi connectivity index (χ0n) is 17.1. The predicted molar refractivity (Wildman–Crippen MR) is 114 cm³/mol. The van der Waals surface area contributed by atoms with Crippen LogP contribution in [0.2, 0.25) is 0 Å². The maximum Gasteiger partial charge on any atom is 0.308 e. The van der Waals surface area contributed by atoms with Gasteiger partial charge in [-0.05, 0) is 43.2 Å². The van der Waals surface area contributed by atoms with Gasteiger partial charge in [-0.3, -0.25) is 4.79 Å². The molecule has 3 rings (SSSR count). The molecule has 154 valence electrons. The van der Waals surface area contributed by atoms with Gasteiger partial charge in [0.2, 0.25) is 0 Å². The standard InChI is InChI=1S/C24H29NO4/c1-3-28-24(27)15-19(26)16-25(2)14-8-12-21-20-10-5-4-9-18(20)17-29-23-13-7-6-11-22(21)23/h4-7,9-13,19,26H,3,8,14-17H2,1-2H3. The third-order valence-corrected chi connectivity index (χ3v) is 4.96. The quantitative estimate of drug-likeness (QED) is 0.692. The maximum absolute atomic E-state index is 11.5. The number of benzene rings is 2. The van der Waals surface area contributed by atoms with Crippen LogP contribution in [0, 0.1) is 0 Å². The van der Waals surface area contributed by atoms with Crippen molar-refractivity contribution in [3.05, 3.63) is 71.3 Å². The van der Waals surface area contributed by atoms with Crippen molar-refractivity contribution in [2.24, 2.45) is 0 Å². The average Bonchev–Trinajstić information content (AvgIpc) is 2.85. The maximum atomic E-state index is 11.5. The van der Waals surface area contributed by atoms with Crippen molar-refractivity contribution < 1.29 is 19.4 Å². The van der Waals surface area contributed by atoms with E-state index in [0.717, 1.165) is 24.3 Å². The fraction of sp³-hybridized carbons (Fsp3) is 0.375. The van der Waals surface area contributed by atoms with Crippen molar-refractivity contribution >= 4 is 11.5 Å². The summed E-state index contributed by atoms with van der Waals surface area (Å²) in [6.45, 7) is 3.86. The number of nitrogens with zero attached hydrogens (tertiary/aromatic N) is 1. The first-order chi connectivity index (χ1) is 14.1. The number of hydrogen-bond donors (Lipinski definition) is 1. The number of carbonyl (C=O) groups is 1. The second-order valence-corrected chi connectivity index (χ2v) is 7.27. The third-order valence-electron chi connectivity index (χ3n) is 4.96. The van der Waals surface area contributed by atoms with Gasteiger partial charge in [-0.15, -0.1) is 0 Å². The van der Waals surface area contributed by atoms with Gasteiger partial charge in [0.05, 0.1) is 19.1 Å². The normalized spacial score (nSPS) is 15.2. The first-order valence-electron chi connectivity index (χ1n) is 10.1. The molecule has 1 atom stereocenters. The van der Waals surface area contributed by atoms with Crippen molar-refractivity contribution in [2.45, 2.75) is 32.5 Å². The first-order valence-corrected chi connectivity index (χ1v) is 10.1. The van der Waals surface area contributed by atoms with E-state index in [1.54, 1.807) is 6.92 Å². The molecule has 1 aliphatic heterocycles. The predicted octanol–water partition coefficient (Wildman–Crippen LogP) is 3.65. The monoisotopic (exact) mass is 395 g/mol. The van der Waals surface area contributed by atoms with Crippen LogP contribution in [0.25, 0.3) is 5.57 Å². The van der Waals surface area contributed by atoms with E-state index in [4.69, 9.17) is 9.47 Å². The minimum atomic E-state index is -0.723. The van der Waals surface area contributed by atoms with Crippen LogP contribution in [-0.2, 0) is 16.1 Å². The molecule has 0 aliphatic carbocycles. The van der Waals surface area contributed by atoms with Crippen LogP contribution in [0.3, 0.4) is 0 Å². The Morgan fingerprint density at radius 3 is 2.72 bits per heavy atom. The van der Waals surface area contributed by atoms with Crippen molar-refractivity contribution in [2.75, 3.05) is 26.7 Å². The molecule has 2 aromatic rings. The van der Waals surface area contributed by atoms with Crippen LogP contribution in [0.4, 0.5) is 0 Å². The Morgan fingerprint density at radius 2 is 1.93 bits per heavy atom. The van der Waals surface area contributed by atoms with E-state index in [2.05, 4.69) is 30.3 Å². The minimum absolute atomic E-state index is 0.0252. The topological polar surface area (TPSA) is 59.0 Å². The highest BCUT2D eigenvalue weighted by Gasteiger charge is 2.18. The number of hydrogen-bond acceptors (Lipinski definition) is 5. The number of fused-ring (bicyclic) bond motifs is 2. The number of carbonyl (C=O) groups excluding carboxylic acids is 1. The number of esters is 1. The summed E-state index contributed by atoms with van der Waals surface area (Å²) < 4.78 is 10.9. The molecule has 1 N–H and O–H groups in total. The Bertz CT molecular complexity index is 812.